The number of benzene rings is 1. The Morgan fingerprint density at radius 3 is 2.54 bits per heavy atom. The molecule has 4 rings (SSSR count). The lowest BCUT2D eigenvalue weighted by Crippen LogP contribution is -2.44. The van der Waals surface area contributed by atoms with Crippen LogP contribution in [0.5, 0.6) is 0 Å². The average Bonchev–Trinajstić information content (AvgIpc) is 2.94. The first-order valence-corrected chi connectivity index (χ1v) is 7.85. The zero-order chi connectivity index (χ0) is 16.9. The van der Waals surface area contributed by atoms with Gasteiger partial charge in [-0.25, -0.2) is 4.98 Å². The van der Waals surface area contributed by atoms with Crippen molar-refractivity contribution < 1.29 is 13.2 Å². The maximum Gasteiger partial charge on any atom is 0.416 e. The van der Waals surface area contributed by atoms with E-state index in [2.05, 4.69) is 9.88 Å². The van der Waals surface area contributed by atoms with Crippen molar-refractivity contribution in [1.82, 2.24) is 4.98 Å². The fraction of sp³-hybridized carbons (Fsp3) is 0.353. The molecule has 4 nitrogen and oxygen atoms in total. The number of halogens is 3. The molecule has 2 aliphatic heterocycles. The molecule has 7 heteroatoms. The standard InChI is InChI=1S/C17H17F3N4/c18-17(19,20)11-3-5-13(6-4-11)23-10-14-8-12(21)9-24(14)16-15(23)2-1-7-22-16/h1-7,12,14H,8-10,21H2/t12-,14-/m1/s1. The number of hydrogen-bond acceptors (Lipinski definition) is 4. The third kappa shape index (κ3) is 2.49. The van der Waals surface area contributed by atoms with Gasteiger partial charge in [0, 0.05) is 31.0 Å². The van der Waals surface area contributed by atoms with Gasteiger partial charge in [0.05, 0.1) is 17.3 Å². The zero-order valence-corrected chi connectivity index (χ0v) is 12.9. The van der Waals surface area contributed by atoms with Crippen molar-refractivity contribution in [3.8, 4) is 0 Å². The van der Waals surface area contributed by atoms with E-state index in [1.165, 1.54) is 12.1 Å². The third-order valence-electron chi connectivity index (χ3n) is 4.68. The number of nitrogens with two attached hydrogens (primary N) is 1. The molecule has 0 spiro atoms. The van der Waals surface area contributed by atoms with Crippen molar-refractivity contribution in [3.05, 3.63) is 48.2 Å². The van der Waals surface area contributed by atoms with Gasteiger partial charge in [-0.3, -0.25) is 0 Å². The van der Waals surface area contributed by atoms with Gasteiger partial charge in [0.1, 0.15) is 0 Å². The molecule has 1 aromatic carbocycles. The molecule has 1 fully saturated rings. The highest BCUT2D eigenvalue weighted by Gasteiger charge is 2.38. The van der Waals surface area contributed by atoms with Gasteiger partial charge >= 0.3 is 6.18 Å². The van der Waals surface area contributed by atoms with Crippen LogP contribution in [0, 0.1) is 0 Å². The van der Waals surface area contributed by atoms with Crippen molar-refractivity contribution in [3.63, 3.8) is 0 Å². The molecule has 3 heterocycles. The van der Waals surface area contributed by atoms with Gasteiger partial charge < -0.3 is 15.5 Å². The van der Waals surface area contributed by atoms with E-state index in [9.17, 15) is 13.2 Å². The van der Waals surface area contributed by atoms with Crippen LogP contribution < -0.4 is 15.5 Å². The second-order valence-electron chi connectivity index (χ2n) is 6.30. The Labute approximate surface area is 137 Å². The SMILES string of the molecule is N[C@@H]1C[C@@H]2CN(c3ccc(C(F)(F)F)cc3)c3cccnc3N2C1. The van der Waals surface area contributed by atoms with Crippen molar-refractivity contribution in [1.29, 1.82) is 0 Å². The maximum absolute atomic E-state index is 12.8. The summed E-state index contributed by atoms with van der Waals surface area (Å²) in [5.41, 5.74) is 7.09. The summed E-state index contributed by atoms with van der Waals surface area (Å²) in [5.74, 6) is 0.849. The van der Waals surface area contributed by atoms with Crippen molar-refractivity contribution in [2.75, 3.05) is 22.9 Å². The first-order valence-electron chi connectivity index (χ1n) is 7.85. The van der Waals surface area contributed by atoms with E-state index in [-0.39, 0.29) is 12.1 Å². The van der Waals surface area contributed by atoms with Gasteiger partial charge in [0.15, 0.2) is 5.82 Å². The van der Waals surface area contributed by atoms with E-state index in [4.69, 9.17) is 5.73 Å². The van der Waals surface area contributed by atoms with Crippen LogP contribution in [0.2, 0.25) is 0 Å². The number of anilines is 3. The predicted octanol–water partition coefficient (Wildman–Crippen LogP) is 3.16. The number of aromatic nitrogens is 1. The van der Waals surface area contributed by atoms with Gasteiger partial charge in [0.25, 0.3) is 0 Å². The van der Waals surface area contributed by atoms with E-state index in [1.54, 1.807) is 6.20 Å². The first-order chi connectivity index (χ1) is 11.4. The molecule has 0 bridgehead atoms. The first kappa shape index (κ1) is 15.3. The number of rotatable bonds is 1. The van der Waals surface area contributed by atoms with Crippen molar-refractivity contribution in [2.45, 2.75) is 24.7 Å². The summed E-state index contributed by atoms with van der Waals surface area (Å²) in [5, 5.41) is 0. The molecule has 24 heavy (non-hydrogen) atoms. The summed E-state index contributed by atoms with van der Waals surface area (Å²) in [4.78, 5) is 8.72. The number of fused-ring (bicyclic) bond motifs is 3. The molecule has 1 saturated heterocycles. The smallest absolute Gasteiger partial charge is 0.348 e. The Morgan fingerprint density at radius 1 is 1.08 bits per heavy atom. The van der Waals surface area contributed by atoms with Gasteiger partial charge in [-0.1, -0.05) is 0 Å². The quantitative estimate of drug-likeness (QED) is 0.870. The highest BCUT2D eigenvalue weighted by atomic mass is 19.4. The minimum absolute atomic E-state index is 0.0948. The molecule has 0 saturated carbocycles. The molecule has 126 valence electrons. The minimum Gasteiger partial charge on any atom is -0.348 e. The molecule has 2 aromatic rings. The van der Waals surface area contributed by atoms with Gasteiger partial charge in [-0.2, -0.15) is 13.2 Å². The lowest BCUT2D eigenvalue weighted by molar-refractivity contribution is -0.137. The fourth-order valence-electron chi connectivity index (χ4n) is 3.59. The second kappa shape index (κ2) is 5.37. The molecule has 2 aliphatic rings. The Balaban J connectivity index is 1.72. The van der Waals surface area contributed by atoms with Crippen LogP contribution in [0.4, 0.5) is 30.4 Å². The number of pyridine rings is 1. The van der Waals surface area contributed by atoms with Crippen LogP contribution >= 0.6 is 0 Å². The lowest BCUT2D eigenvalue weighted by Gasteiger charge is -2.40. The van der Waals surface area contributed by atoms with E-state index in [1.807, 2.05) is 17.0 Å². The number of nitrogens with zero attached hydrogens (tertiary/aromatic N) is 3. The molecular weight excluding hydrogens is 317 g/mol. The molecule has 1 aromatic heterocycles. The second-order valence-corrected chi connectivity index (χ2v) is 6.30. The Hall–Kier alpha value is -2.28. The fourth-order valence-corrected chi connectivity index (χ4v) is 3.59. The zero-order valence-electron chi connectivity index (χ0n) is 12.9. The van der Waals surface area contributed by atoms with Crippen LogP contribution in [0.1, 0.15) is 12.0 Å². The summed E-state index contributed by atoms with van der Waals surface area (Å²) < 4.78 is 38.3. The van der Waals surface area contributed by atoms with Gasteiger partial charge in [-0.15, -0.1) is 0 Å². The summed E-state index contributed by atoms with van der Waals surface area (Å²) in [7, 11) is 0. The summed E-state index contributed by atoms with van der Waals surface area (Å²) in [6.07, 6.45) is -1.74. The van der Waals surface area contributed by atoms with E-state index < -0.39 is 11.7 Å². The number of alkyl halides is 3. The van der Waals surface area contributed by atoms with Crippen molar-refractivity contribution in [2.24, 2.45) is 5.73 Å². The van der Waals surface area contributed by atoms with Crippen LogP contribution in [0.25, 0.3) is 0 Å². The lowest BCUT2D eigenvalue weighted by atomic mass is 10.1. The summed E-state index contributed by atoms with van der Waals surface area (Å²) in [6, 6.07) is 9.39. The molecule has 0 amide bonds. The Bertz CT molecular complexity index is 744. The average molecular weight is 334 g/mol. The van der Waals surface area contributed by atoms with Crippen LogP contribution in [-0.4, -0.2) is 30.2 Å². The highest BCUT2D eigenvalue weighted by Crippen LogP contribution is 2.41. The van der Waals surface area contributed by atoms with E-state index >= 15 is 0 Å². The molecule has 0 unspecified atom stereocenters. The Morgan fingerprint density at radius 2 is 1.83 bits per heavy atom. The highest BCUT2D eigenvalue weighted by molar-refractivity contribution is 5.77. The van der Waals surface area contributed by atoms with E-state index in [0.717, 1.165) is 42.3 Å². The minimum atomic E-state index is -4.32. The van der Waals surface area contributed by atoms with Crippen LogP contribution in [0.3, 0.4) is 0 Å². The van der Waals surface area contributed by atoms with Crippen molar-refractivity contribution >= 4 is 17.2 Å². The molecule has 0 aliphatic carbocycles. The molecule has 2 N–H and O–H groups in total. The predicted molar refractivity (Wildman–Crippen MR) is 86.4 cm³/mol. The third-order valence-corrected chi connectivity index (χ3v) is 4.68. The van der Waals surface area contributed by atoms with Gasteiger partial charge in [0.2, 0.25) is 0 Å². The van der Waals surface area contributed by atoms with Crippen LogP contribution in [0.15, 0.2) is 42.6 Å². The van der Waals surface area contributed by atoms with E-state index in [0.29, 0.717) is 6.54 Å². The molecule has 2 atom stereocenters. The monoisotopic (exact) mass is 334 g/mol. The summed E-state index contributed by atoms with van der Waals surface area (Å²) >= 11 is 0. The number of hydrogen-bond donors (Lipinski definition) is 1. The van der Waals surface area contributed by atoms with Crippen LogP contribution in [-0.2, 0) is 6.18 Å². The molecule has 0 radical (unpaired) electrons. The van der Waals surface area contributed by atoms with Gasteiger partial charge in [-0.05, 0) is 42.8 Å². The molecular formula is C17H17F3N4. The normalized spacial score (nSPS) is 23.2. The largest absolute Gasteiger partial charge is 0.416 e. The Kier molecular flexibility index (Phi) is 3.42. The topological polar surface area (TPSA) is 45.4 Å². The maximum atomic E-state index is 12.8. The summed E-state index contributed by atoms with van der Waals surface area (Å²) in [6.45, 7) is 1.45.